The Hall–Kier alpha value is -1.43. The smallest absolute Gasteiger partial charge is 0.147 e. The molecule has 2 aromatic rings. The summed E-state index contributed by atoms with van der Waals surface area (Å²) in [5, 5.41) is 0.706. The lowest BCUT2D eigenvalue weighted by Gasteiger charge is -2.46. The molecule has 116 valence electrons. The van der Waals surface area contributed by atoms with Crippen LogP contribution < -0.4 is 4.90 Å². The van der Waals surface area contributed by atoms with Crippen LogP contribution in [0.2, 0.25) is 5.02 Å². The molecular formula is C16H20ClN5. The van der Waals surface area contributed by atoms with Crippen molar-refractivity contribution in [1.29, 1.82) is 0 Å². The number of hydrogen-bond donors (Lipinski definition) is 0. The highest BCUT2D eigenvalue weighted by atomic mass is 35.5. The Morgan fingerprint density at radius 3 is 2.86 bits per heavy atom. The number of anilines is 1. The third-order valence-electron chi connectivity index (χ3n) is 4.71. The number of aromatic nitrogens is 2. The Labute approximate surface area is 135 Å². The van der Waals surface area contributed by atoms with E-state index in [0.717, 1.165) is 43.0 Å². The van der Waals surface area contributed by atoms with E-state index >= 15 is 0 Å². The number of nitrogens with zero attached hydrogens (tertiary/aromatic N) is 5. The summed E-state index contributed by atoms with van der Waals surface area (Å²) in [5.74, 6) is 0.961. The molecule has 22 heavy (non-hydrogen) atoms. The van der Waals surface area contributed by atoms with E-state index in [1.165, 1.54) is 13.1 Å². The standard InChI is InChI=1S/C16H20ClN5/c1-20-4-5-21-6-7-22(11-13(21)10-20)16-9-18-14-3-2-12(17)8-15(14)19-16/h2-3,8-9,13H,4-7,10-11H2,1H3/t13-/m0/s1. The highest BCUT2D eigenvalue weighted by Crippen LogP contribution is 2.22. The van der Waals surface area contributed by atoms with E-state index in [1.54, 1.807) is 0 Å². The predicted octanol–water partition coefficient (Wildman–Crippen LogP) is 1.72. The van der Waals surface area contributed by atoms with Crippen molar-refractivity contribution in [3.63, 3.8) is 0 Å². The number of benzene rings is 1. The summed E-state index contributed by atoms with van der Waals surface area (Å²) in [6, 6.07) is 6.25. The van der Waals surface area contributed by atoms with Gasteiger partial charge < -0.3 is 9.80 Å². The van der Waals surface area contributed by atoms with Crippen molar-refractivity contribution < 1.29 is 0 Å². The first kappa shape index (κ1) is 14.2. The van der Waals surface area contributed by atoms with Crippen LogP contribution >= 0.6 is 11.6 Å². The molecule has 5 nitrogen and oxygen atoms in total. The molecule has 2 fully saturated rings. The number of hydrogen-bond acceptors (Lipinski definition) is 5. The first-order valence-electron chi connectivity index (χ1n) is 7.79. The van der Waals surface area contributed by atoms with Crippen molar-refractivity contribution >= 4 is 28.5 Å². The van der Waals surface area contributed by atoms with Crippen LogP contribution in [-0.4, -0.2) is 72.1 Å². The van der Waals surface area contributed by atoms with E-state index in [4.69, 9.17) is 16.6 Å². The Morgan fingerprint density at radius 1 is 1.09 bits per heavy atom. The normalized spacial score (nSPS) is 23.7. The van der Waals surface area contributed by atoms with Gasteiger partial charge in [0.05, 0.1) is 17.2 Å². The molecule has 0 bridgehead atoms. The fourth-order valence-corrected chi connectivity index (χ4v) is 3.61. The Balaban J connectivity index is 1.59. The summed E-state index contributed by atoms with van der Waals surface area (Å²) in [4.78, 5) is 16.7. The maximum atomic E-state index is 6.07. The molecule has 0 N–H and O–H groups in total. The van der Waals surface area contributed by atoms with Crippen LogP contribution in [0.15, 0.2) is 24.4 Å². The minimum atomic E-state index is 0.587. The lowest BCUT2D eigenvalue weighted by molar-refractivity contribution is 0.0805. The average Bonchev–Trinajstić information content (AvgIpc) is 2.53. The van der Waals surface area contributed by atoms with Gasteiger partial charge >= 0.3 is 0 Å². The van der Waals surface area contributed by atoms with Crippen molar-refractivity contribution in [2.75, 3.05) is 51.2 Å². The molecule has 0 saturated carbocycles. The molecule has 1 aromatic carbocycles. The lowest BCUT2D eigenvalue weighted by atomic mass is 10.1. The minimum absolute atomic E-state index is 0.587. The number of piperazine rings is 2. The zero-order valence-electron chi connectivity index (χ0n) is 12.7. The zero-order chi connectivity index (χ0) is 15.1. The summed E-state index contributed by atoms with van der Waals surface area (Å²) in [6.45, 7) is 6.61. The zero-order valence-corrected chi connectivity index (χ0v) is 13.5. The fourth-order valence-electron chi connectivity index (χ4n) is 3.45. The van der Waals surface area contributed by atoms with Gasteiger partial charge in [-0.3, -0.25) is 9.88 Å². The van der Waals surface area contributed by atoms with Crippen LogP contribution in [0, 0.1) is 0 Å². The van der Waals surface area contributed by atoms with Gasteiger partial charge in [0.2, 0.25) is 0 Å². The second-order valence-corrected chi connectivity index (χ2v) is 6.70. The van der Waals surface area contributed by atoms with Gasteiger partial charge in [-0.25, -0.2) is 4.98 Å². The molecule has 6 heteroatoms. The Bertz CT molecular complexity index is 691. The average molecular weight is 318 g/mol. The number of fused-ring (bicyclic) bond motifs is 2. The topological polar surface area (TPSA) is 35.5 Å². The van der Waals surface area contributed by atoms with Gasteiger partial charge in [-0.15, -0.1) is 0 Å². The molecular weight excluding hydrogens is 298 g/mol. The van der Waals surface area contributed by atoms with E-state index in [0.29, 0.717) is 11.1 Å². The van der Waals surface area contributed by atoms with Gasteiger partial charge in [0.25, 0.3) is 0 Å². The van der Waals surface area contributed by atoms with E-state index < -0.39 is 0 Å². The number of halogens is 1. The quantitative estimate of drug-likeness (QED) is 0.800. The molecule has 2 saturated heterocycles. The monoisotopic (exact) mass is 317 g/mol. The molecule has 2 aliphatic rings. The highest BCUT2D eigenvalue weighted by Gasteiger charge is 2.31. The maximum Gasteiger partial charge on any atom is 0.147 e. The molecule has 2 aliphatic heterocycles. The number of rotatable bonds is 1. The summed E-state index contributed by atoms with van der Waals surface area (Å²) in [6.07, 6.45) is 1.89. The summed E-state index contributed by atoms with van der Waals surface area (Å²) < 4.78 is 0. The van der Waals surface area contributed by atoms with Crippen molar-refractivity contribution in [1.82, 2.24) is 19.8 Å². The van der Waals surface area contributed by atoms with Crippen LogP contribution in [0.1, 0.15) is 0 Å². The van der Waals surface area contributed by atoms with Crippen LogP contribution in [0.3, 0.4) is 0 Å². The summed E-state index contributed by atoms with van der Waals surface area (Å²) in [7, 11) is 2.20. The van der Waals surface area contributed by atoms with Gasteiger partial charge in [0.15, 0.2) is 0 Å². The molecule has 4 rings (SSSR count). The second-order valence-electron chi connectivity index (χ2n) is 6.26. The number of likely N-dealkylation sites (N-methyl/N-ethyl adjacent to an activating group) is 1. The minimum Gasteiger partial charge on any atom is -0.352 e. The van der Waals surface area contributed by atoms with Crippen LogP contribution in [0.25, 0.3) is 11.0 Å². The van der Waals surface area contributed by atoms with Gasteiger partial charge in [-0.1, -0.05) is 11.6 Å². The second kappa shape index (κ2) is 5.65. The van der Waals surface area contributed by atoms with E-state index in [9.17, 15) is 0 Å². The summed E-state index contributed by atoms with van der Waals surface area (Å²) in [5.41, 5.74) is 1.76. The summed E-state index contributed by atoms with van der Waals surface area (Å²) >= 11 is 6.07. The first-order valence-corrected chi connectivity index (χ1v) is 8.17. The van der Waals surface area contributed by atoms with Gasteiger partial charge in [0.1, 0.15) is 5.82 Å². The molecule has 1 aromatic heterocycles. The molecule has 3 heterocycles. The van der Waals surface area contributed by atoms with Crippen molar-refractivity contribution in [2.45, 2.75) is 6.04 Å². The largest absolute Gasteiger partial charge is 0.352 e. The molecule has 0 unspecified atom stereocenters. The Kier molecular flexibility index (Phi) is 3.64. The predicted molar refractivity (Wildman–Crippen MR) is 89.6 cm³/mol. The van der Waals surface area contributed by atoms with Gasteiger partial charge in [-0.2, -0.15) is 0 Å². The van der Waals surface area contributed by atoms with Gasteiger partial charge in [0, 0.05) is 50.3 Å². The van der Waals surface area contributed by atoms with Crippen molar-refractivity contribution in [3.05, 3.63) is 29.4 Å². The van der Waals surface area contributed by atoms with E-state index in [-0.39, 0.29) is 0 Å². The van der Waals surface area contributed by atoms with E-state index in [1.807, 2.05) is 24.4 Å². The SMILES string of the molecule is CN1CCN2CCN(c3cnc4ccc(Cl)cc4n3)C[C@@H]2C1. The molecule has 1 atom stereocenters. The van der Waals surface area contributed by atoms with E-state index in [2.05, 4.69) is 26.7 Å². The van der Waals surface area contributed by atoms with Gasteiger partial charge in [-0.05, 0) is 25.2 Å². The van der Waals surface area contributed by atoms with Crippen LogP contribution in [-0.2, 0) is 0 Å². The van der Waals surface area contributed by atoms with Crippen molar-refractivity contribution in [2.24, 2.45) is 0 Å². The third kappa shape index (κ3) is 2.64. The molecule has 0 amide bonds. The molecule has 0 spiro atoms. The molecule has 0 radical (unpaired) electrons. The fraction of sp³-hybridized carbons (Fsp3) is 0.500. The lowest BCUT2D eigenvalue weighted by Crippen LogP contribution is -2.61. The van der Waals surface area contributed by atoms with Crippen molar-refractivity contribution in [3.8, 4) is 0 Å². The Morgan fingerprint density at radius 2 is 1.95 bits per heavy atom. The first-order chi connectivity index (χ1) is 10.7. The third-order valence-corrected chi connectivity index (χ3v) is 4.95. The maximum absolute atomic E-state index is 6.07. The highest BCUT2D eigenvalue weighted by molar-refractivity contribution is 6.31. The van der Waals surface area contributed by atoms with Crippen LogP contribution in [0.5, 0.6) is 0 Å². The van der Waals surface area contributed by atoms with Crippen LogP contribution in [0.4, 0.5) is 5.82 Å². The molecule has 0 aliphatic carbocycles.